The maximum atomic E-state index is 10.9. The Morgan fingerprint density at radius 3 is 2.55 bits per heavy atom. The summed E-state index contributed by atoms with van der Waals surface area (Å²) in [5.74, 6) is 2.16. The van der Waals surface area contributed by atoms with Gasteiger partial charge in [-0.1, -0.05) is 12.8 Å². The van der Waals surface area contributed by atoms with E-state index in [-0.39, 0.29) is 5.97 Å². The van der Waals surface area contributed by atoms with E-state index >= 15 is 0 Å². The first-order valence-electron chi connectivity index (χ1n) is 3.71. The van der Waals surface area contributed by atoms with Crippen molar-refractivity contribution < 1.29 is 9.53 Å². The van der Waals surface area contributed by atoms with Gasteiger partial charge in [0.1, 0.15) is 0 Å². The molecule has 62 valence electrons. The molecule has 0 N–H and O–H groups in total. The molecule has 0 amide bonds. The molecule has 0 fully saturated rings. The lowest BCUT2D eigenvalue weighted by Gasteiger charge is -2.17. The molecular weight excluding hydrogens is 140 g/mol. The van der Waals surface area contributed by atoms with Crippen LogP contribution in [0, 0.1) is 12.3 Å². The third kappa shape index (κ3) is 4.44. The molecule has 0 radical (unpaired) electrons. The largest absolute Gasteiger partial charge is 0.446 e. The Kier molecular flexibility index (Phi) is 3.67. The molecule has 0 saturated heterocycles. The summed E-state index contributed by atoms with van der Waals surface area (Å²) in [7, 11) is 0. The third-order valence-corrected chi connectivity index (χ3v) is 1.17. The van der Waals surface area contributed by atoms with Crippen molar-refractivity contribution >= 4 is 5.97 Å². The molecule has 0 heterocycles. The summed E-state index contributed by atoms with van der Waals surface area (Å²) in [6.45, 7) is 5.31. The van der Waals surface area contributed by atoms with Gasteiger partial charge in [0.25, 0.3) is 0 Å². The van der Waals surface area contributed by atoms with Crippen LogP contribution in [0.5, 0.6) is 0 Å². The molecule has 2 nitrogen and oxygen atoms in total. The molecule has 0 atom stereocenters. The Morgan fingerprint density at radius 2 is 2.18 bits per heavy atom. The van der Waals surface area contributed by atoms with Gasteiger partial charge in [0, 0.05) is 6.42 Å². The highest BCUT2D eigenvalue weighted by Crippen LogP contribution is 2.08. The number of carbonyl (C=O) groups excluding carboxylic acids is 1. The monoisotopic (exact) mass is 154 g/mol. The minimum atomic E-state index is -0.758. The lowest BCUT2D eigenvalue weighted by molar-refractivity contribution is -0.151. The van der Waals surface area contributed by atoms with Crippen LogP contribution in [0.15, 0.2) is 0 Å². The molecule has 0 aliphatic heterocycles. The quantitative estimate of drug-likeness (QED) is 0.457. The Balaban J connectivity index is 3.86. The van der Waals surface area contributed by atoms with Crippen molar-refractivity contribution in [2.24, 2.45) is 0 Å². The van der Waals surface area contributed by atoms with Crippen LogP contribution in [0.1, 0.15) is 33.6 Å². The molecule has 0 aliphatic rings. The van der Waals surface area contributed by atoms with E-state index in [1.165, 1.54) is 0 Å². The van der Waals surface area contributed by atoms with Gasteiger partial charge in [0.15, 0.2) is 5.60 Å². The van der Waals surface area contributed by atoms with Gasteiger partial charge in [-0.2, -0.15) is 0 Å². The Hall–Kier alpha value is -0.970. The molecular formula is C9H14O2. The van der Waals surface area contributed by atoms with Gasteiger partial charge in [0.05, 0.1) is 0 Å². The first-order chi connectivity index (χ1) is 5.02. The number of terminal acetylenes is 1. The van der Waals surface area contributed by atoms with E-state index in [0.29, 0.717) is 6.42 Å². The average Bonchev–Trinajstić information content (AvgIpc) is 1.87. The van der Waals surface area contributed by atoms with Crippen molar-refractivity contribution in [2.45, 2.75) is 39.2 Å². The first kappa shape index (κ1) is 10.0. The number of carbonyl (C=O) groups is 1. The van der Waals surface area contributed by atoms with Crippen LogP contribution >= 0.6 is 0 Å². The molecule has 0 aromatic carbocycles. The summed E-state index contributed by atoms with van der Waals surface area (Å²) < 4.78 is 4.95. The van der Waals surface area contributed by atoms with Crippen LogP contribution in [0.25, 0.3) is 0 Å². The zero-order chi connectivity index (χ0) is 8.91. The van der Waals surface area contributed by atoms with Crippen molar-refractivity contribution in [3.63, 3.8) is 0 Å². The fourth-order valence-corrected chi connectivity index (χ4v) is 0.569. The lowest BCUT2D eigenvalue weighted by Crippen LogP contribution is -2.25. The molecule has 11 heavy (non-hydrogen) atoms. The summed E-state index contributed by atoms with van der Waals surface area (Å²) >= 11 is 0. The van der Waals surface area contributed by atoms with Gasteiger partial charge >= 0.3 is 5.97 Å². The molecule has 0 bridgehead atoms. The van der Waals surface area contributed by atoms with Crippen LogP contribution in [0.4, 0.5) is 0 Å². The fraction of sp³-hybridized carbons (Fsp3) is 0.667. The van der Waals surface area contributed by atoms with Crippen molar-refractivity contribution in [2.75, 3.05) is 0 Å². The topological polar surface area (TPSA) is 26.3 Å². The number of hydrogen-bond acceptors (Lipinski definition) is 2. The summed E-state index contributed by atoms with van der Waals surface area (Å²) in [5, 5.41) is 0. The highest BCUT2D eigenvalue weighted by atomic mass is 16.6. The molecule has 0 aliphatic carbocycles. The Morgan fingerprint density at radius 1 is 1.64 bits per heavy atom. The number of esters is 1. The van der Waals surface area contributed by atoms with Gasteiger partial charge < -0.3 is 4.74 Å². The maximum Gasteiger partial charge on any atom is 0.307 e. The second-order valence-corrected chi connectivity index (χ2v) is 2.88. The summed E-state index contributed by atoms with van der Waals surface area (Å²) in [5.41, 5.74) is -0.758. The van der Waals surface area contributed by atoms with Crippen molar-refractivity contribution in [1.29, 1.82) is 0 Å². The third-order valence-electron chi connectivity index (χ3n) is 1.17. The summed E-state index contributed by atoms with van der Waals surface area (Å²) in [6.07, 6.45) is 6.35. The molecule has 0 saturated carbocycles. The molecule has 0 aromatic heterocycles. The standard InChI is InChI=1S/C9H14O2/c1-5-7-8(10)11-9(3,4)6-2/h2H,5,7H2,1,3-4H3. The van der Waals surface area contributed by atoms with Gasteiger partial charge in [0.2, 0.25) is 0 Å². The van der Waals surface area contributed by atoms with Crippen LogP contribution in [0.3, 0.4) is 0 Å². The minimum absolute atomic E-state index is 0.226. The summed E-state index contributed by atoms with van der Waals surface area (Å²) in [6, 6.07) is 0. The van der Waals surface area contributed by atoms with Crippen LogP contribution in [-0.4, -0.2) is 11.6 Å². The number of hydrogen-bond donors (Lipinski definition) is 0. The SMILES string of the molecule is C#CC(C)(C)OC(=O)CCC. The van der Waals surface area contributed by atoms with Crippen molar-refractivity contribution in [1.82, 2.24) is 0 Å². The first-order valence-corrected chi connectivity index (χ1v) is 3.71. The van der Waals surface area contributed by atoms with Crippen LogP contribution in [0.2, 0.25) is 0 Å². The number of rotatable bonds is 3. The normalized spacial score (nSPS) is 10.4. The van der Waals surface area contributed by atoms with Gasteiger partial charge in [-0.3, -0.25) is 4.79 Å². The second-order valence-electron chi connectivity index (χ2n) is 2.88. The molecule has 0 spiro atoms. The minimum Gasteiger partial charge on any atom is -0.446 e. The van der Waals surface area contributed by atoms with E-state index < -0.39 is 5.60 Å². The average molecular weight is 154 g/mol. The smallest absolute Gasteiger partial charge is 0.307 e. The zero-order valence-corrected chi connectivity index (χ0v) is 7.31. The number of ether oxygens (including phenoxy) is 1. The van der Waals surface area contributed by atoms with E-state index in [1.807, 2.05) is 6.92 Å². The zero-order valence-electron chi connectivity index (χ0n) is 7.31. The molecule has 0 rings (SSSR count). The van der Waals surface area contributed by atoms with Crippen molar-refractivity contribution in [3.05, 3.63) is 0 Å². The van der Waals surface area contributed by atoms with E-state index in [2.05, 4.69) is 5.92 Å². The van der Waals surface area contributed by atoms with Crippen LogP contribution < -0.4 is 0 Å². The van der Waals surface area contributed by atoms with E-state index in [4.69, 9.17) is 11.2 Å². The lowest BCUT2D eigenvalue weighted by atomic mass is 10.1. The van der Waals surface area contributed by atoms with E-state index in [9.17, 15) is 4.79 Å². The van der Waals surface area contributed by atoms with Crippen LogP contribution in [-0.2, 0) is 9.53 Å². The fourth-order valence-electron chi connectivity index (χ4n) is 0.569. The highest BCUT2D eigenvalue weighted by molar-refractivity contribution is 5.70. The maximum absolute atomic E-state index is 10.9. The van der Waals surface area contributed by atoms with E-state index in [0.717, 1.165) is 6.42 Å². The second kappa shape index (κ2) is 4.02. The Labute approximate surface area is 67.9 Å². The highest BCUT2D eigenvalue weighted by Gasteiger charge is 2.18. The predicted molar refractivity (Wildman–Crippen MR) is 43.9 cm³/mol. The summed E-state index contributed by atoms with van der Waals surface area (Å²) in [4.78, 5) is 10.9. The van der Waals surface area contributed by atoms with E-state index in [1.54, 1.807) is 13.8 Å². The molecule has 0 aromatic rings. The molecule has 0 unspecified atom stereocenters. The predicted octanol–water partition coefficient (Wildman–Crippen LogP) is 1.74. The molecule has 2 heteroatoms. The van der Waals surface area contributed by atoms with Gasteiger partial charge in [-0.05, 0) is 20.3 Å². The van der Waals surface area contributed by atoms with Gasteiger partial charge in [-0.15, -0.1) is 6.42 Å². The van der Waals surface area contributed by atoms with Gasteiger partial charge in [-0.25, -0.2) is 0 Å². The Bertz CT molecular complexity index is 174. The van der Waals surface area contributed by atoms with Crippen molar-refractivity contribution in [3.8, 4) is 12.3 Å².